The molecule has 0 saturated carbocycles. The van der Waals surface area contributed by atoms with E-state index in [0.29, 0.717) is 5.92 Å². The van der Waals surface area contributed by atoms with E-state index in [9.17, 15) is 9.59 Å². The average Bonchev–Trinajstić information content (AvgIpc) is 2.69. The number of nitrogens with zero attached hydrogens (tertiary/aromatic N) is 3. The first-order valence-corrected chi connectivity index (χ1v) is 10.2. The fourth-order valence-corrected chi connectivity index (χ4v) is 3.22. The number of halogens is 1. The highest BCUT2D eigenvalue weighted by atomic mass is 127. The number of hydrogen-bond donors (Lipinski definition) is 1. The smallest absolute Gasteiger partial charge is 0.308 e. The highest BCUT2D eigenvalue weighted by Crippen LogP contribution is 2.19. The van der Waals surface area contributed by atoms with Gasteiger partial charge >= 0.3 is 5.97 Å². The minimum absolute atomic E-state index is 0. The first kappa shape index (κ1) is 26.9. The fraction of sp³-hybridized carbons (Fsp3) is 0.850. The number of ether oxygens (including phenoxy) is 1. The molecule has 1 amide bonds. The molecular formula is C20H39IN4O3. The van der Waals surface area contributed by atoms with Crippen molar-refractivity contribution in [1.82, 2.24) is 15.1 Å². The zero-order chi connectivity index (χ0) is 20.2. The summed E-state index contributed by atoms with van der Waals surface area (Å²) in [4.78, 5) is 32.0. The van der Waals surface area contributed by atoms with Gasteiger partial charge in [-0.1, -0.05) is 33.1 Å². The van der Waals surface area contributed by atoms with Crippen LogP contribution in [0.1, 0.15) is 52.4 Å². The second-order valence-corrected chi connectivity index (χ2v) is 7.51. The number of nitrogens with one attached hydrogen (secondary N) is 1. The summed E-state index contributed by atoms with van der Waals surface area (Å²) in [6.45, 7) is 6.92. The lowest BCUT2D eigenvalue weighted by Crippen LogP contribution is -2.48. The van der Waals surface area contributed by atoms with Crippen LogP contribution in [0.5, 0.6) is 0 Å². The van der Waals surface area contributed by atoms with E-state index >= 15 is 0 Å². The van der Waals surface area contributed by atoms with Gasteiger partial charge in [-0.3, -0.25) is 9.59 Å². The number of likely N-dealkylation sites (N-methyl/N-ethyl adjacent to an activating group) is 1. The molecule has 1 fully saturated rings. The van der Waals surface area contributed by atoms with Gasteiger partial charge in [0, 0.05) is 33.7 Å². The topological polar surface area (TPSA) is 74.2 Å². The maximum absolute atomic E-state index is 12.0. The summed E-state index contributed by atoms with van der Waals surface area (Å²) in [5, 5.41) is 3.49. The van der Waals surface area contributed by atoms with Crippen molar-refractivity contribution in [3.8, 4) is 0 Å². The van der Waals surface area contributed by atoms with E-state index in [2.05, 4.69) is 29.1 Å². The second-order valence-electron chi connectivity index (χ2n) is 7.51. The zero-order valence-electron chi connectivity index (χ0n) is 18.2. The van der Waals surface area contributed by atoms with Crippen LogP contribution in [0.25, 0.3) is 0 Å². The molecule has 1 unspecified atom stereocenters. The van der Waals surface area contributed by atoms with E-state index in [1.807, 2.05) is 0 Å². The van der Waals surface area contributed by atoms with Gasteiger partial charge in [0.05, 0.1) is 13.0 Å². The summed E-state index contributed by atoms with van der Waals surface area (Å²) < 4.78 is 4.87. The SMILES string of the molecule is CCCCC(CC)CNC(=NCC(=O)N(C)C)N1CCC(C(=O)OC)CC1.I. The van der Waals surface area contributed by atoms with Gasteiger partial charge in [0.1, 0.15) is 6.54 Å². The third-order valence-electron chi connectivity index (χ3n) is 5.28. The third-order valence-corrected chi connectivity index (χ3v) is 5.28. The number of rotatable bonds is 9. The predicted molar refractivity (Wildman–Crippen MR) is 124 cm³/mol. The first-order chi connectivity index (χ1) is 12.9. The minimum atomic E-state index is -0.130. The standard InChI is InChI=1S/C20H38N4O3.HI/c1-6-8-9-16(7-2)14-21-20(22-15-18(25)23(3)4)24-12-10-17(11-13-24)19(26)27-5;/h16-17H,6-15H2,1-5H3,(H,21,22);1H. The first-order valence-electron chi connectivity index (χ1n) is 10.2. The molecule has 1 heterocycles. The molecule has 0 bridgehead atoms. The Balaban J connectivity index is 0.00000729. The Labute approximate surface area is 187 Å². The van der Waals surface area contributed by atoms with Crippen molar-refractivity contribution in [2.75, 3.05) is 47.4 Å². The van der Waals surface area contributed by atoms with Gasteiger partial charge in [0.15, 0.2) is 5.96 Å². The van der Waals surface area contributed by atoms with Crippen molar-refractivity contribution in [2.24, 2.45) is 16.8 Å². The molecule has 1 N–H and O–H groups in total. The summed E-state index contributed by atoms with van der Waals surface area (Å²) in [6, 6.07) is 0. The number of esters is 1. The van der Waals surface area contributed by atoms with Gasteiger partial charge in [-0.25, -0.2) is 4.99 Å². The molecule has 7 nitrogen and oxygen atoms in total. The molecule has 0 aromatic carbocycles. The summed E-state index contributed by atoms with van der Waals surface area (Å²) in [5.41, 5.74) is 0. The number of likely N-dealkylation sites (tertiary alicyclic amines) is 1. The molecule has 0 spiro atoms. The maximum atomic E-state index is 12.0. The molecule has 0 aliphatic carbocycles. The molecule has 1 atom stereocenters. The van der Waals surface area contributed by atoms with Crippen LogP contribution in [-0.2, 0) is 14.3 Å². The fourth-order valence-electron chi connectivity index (χ4n) is 3.22. The highest BCUT2D eigenvalue weighted by Gasteiger charge is 2.27. The van der Waals surface area contributed by atoms with Crippen LogP contribution in [0, 0.1) is 11.8 Å². The minimum Gasteiger partial charge on any atom is -0.469 e. The van der Waals surface area contributed by atoms with E-state index in [-0.39, 0.29) is 48.3 Å². The molecule has 1 aliphatic rings. The Kier molecular flexibility index (Phi) is 14.3. The molecule has 164 valence electrons. The number of carbonyl (C=O) groups is 2. The number of unbranched alkanes of at least 4 members (excludes halogenated alkanes) is 1. The van der Waals surface area contributed by atoms with Crippen LogP contribution in [0.3, 0.4) is 0 Å². The predicted octanol–water partition coefficient (Wildman–Crippen LogP) is 2.74. The van der Waals surface area contributed by atoms with Gasteiger partial charge in [0.2, 0.25) is 5.91 Å². The Hall–Kier alpha value is -1.06. The summed E-state index contributed by atoms with van der Waals surface area (Å²) in [6.07, 6.45) is 6.27. The molecule has 1 rings (SSSR count). The Morgan fingerprint density at radius 3 is 2.39 bits per heavy atom. The van der Waals surface area contributed by atoms with Gasteiger partial charge in [-0.15, -0.1) is 24.0 Å². The Morgan fingerprint density at radius 2 is 1.89 bits per heavy atom. The van der Waals surface area contributed by atoms with Gasteiger partial charge in [-0.2, -0.15) is 0 Å². The number of amides is 1. The quantitative estimate of drug-likeness (QED) is 0.224. The summed E-state index contributed by atoms with van der Waals surface area (Å²) in [7, 11) is 4.92. The second kappa shape index (κ2) is 14.9. The van der Waals surface area contributed by atoms with E-state index in [1.165, 1.54) is 26.4 Å². The van der Waals surface area contributed by atoms with E-state index < -0.39 is 0 Å². The van der Waals surface area contributed by atoms with Crippen molar-refractivity contribution in [2.45, 2.75) is 52.4 Å². The molecule has 1 aliphatic heterocycles. The molecule has 0 aromatic rings. The Morgan fingerprint density at radius 1 is 1.25 bits per heavy atom. The van der Waals surface area contributed by atoms with Crippen LogP contribution in [-0.4, -0.2) is 75.0 Å². The van der Waals surface area contributed by atoms with E-state index in [4.69, 9.17) is 4.74 Å². The van der Waals surface area contributed by atoms with Crippen molar-refractivity contribution in [3.05, 3.63) is 0 Å². The molecule has 28 heavy (non-hydrogen) atoms. The number of piperidine rings is 1. The van der Waals surface area contributed by atoms with E-state index in [1.54, 1.807) is 19.0 Å². The normalized spacial score (nSPS) is 16.2. The number of hydrogen-bond acceptors (Lipinski definition) is 4. The van der Waals surface area contributed by atoms with Crippen LogP contribution >= 0.6 is 24.0 Å². The van der Waals surface area contributed by atoms with E-state index in [0.717, 1.165) is 44.9 Å². The number of methoxy groups -OCH3 is 1. The third kappa shape index (κ3) is 9.43. The van der Waals surface area contributed by atoms with Crippen LogP contribution in [0.4, 0.5) is 0 Å². The van der Waals surface area contributed by atoms with Crippen molar-refractivity contribution in [1.29, 1.82) is 0 Å². The zero-order valence-corrected chi connectivity index (χ0v) is 20.5. The van der Waals surface area contributed by atoms with Crippen molar-refractivity contribution >= 4 is 41.8 Å². The number of guanidine groups is 1. The lowest BCUT2D eigenvalue weighted by atomic mass is 9.97. The molecular weight excluding hydrogens is 471 g/mol. The van der Waals surface area contributed by atoms with Gasteiger partial charge in [0.25, 0.3) is 0 Å². The molecule has 1 saturated heterocycles. The van der Waals surface area contributed by atoms with Crippen LogP contribution in [0.15, 0.2) is 4.99 Å². The maximum Gasteiger partial charge on any atom is 0.308 e. The summed E-state index contributed by atoms with van der Waals surface area (Å²) in [5.74, 6) is 1.20. The summed E-state index contributed by atoms with van der Waals surface area (Å²) >= 11 is 0. The Bertz CT molecular complexity index is 492. The lowest BCUT2D eigenvalue weighted by molar-refractivity contribution is -0.146. The van der Waals surface area contributed by atoms with Crippen molar-refractivity contribution in [3.63, 3.8) is 0 Å². The number of carbonyl (C=O) groups excluding carboxylic acids is 2. The lowest BCUT2D eigenvalue weighted by Gasteiger charge is -2.34. The average molecular weight is 510 g/mol. The van der Waals surface area contributed by atoms with Crippen molar-refractivity contribution < 1.29 is 14.3 Å². The molecule has 0 radical (unpaired) electrons. The molecule has 8 heteroatoms. The monoisotopic (exact) mass is 510 g/mol. The molecule has 0 aromatic heterocycles. The largest absolute Gasteiger partial charge is 0.469 e. The van der Waals surface area contributed by atoms with Crippen LogP contribution < -0.4 is 5.32 Å². The van der Waals surface area contributed by atoms with Crippen LogP contribution in [0.2, 0.25) is 0 Å². The van der Waals surface area contributed by atoms with Gasteiger partial charge in [-0.05, 0) is 25.2 Å². The van der Waals surface area contributed by atoms with Gasteiger partial charge < -0.3 is 19.9 Å². The number of aliphatic imine (C=N–C) groups is 1. The highest BCUT2D eigenvalue weighted by molar-refractivity contribution is 14.0.